The van der Waals surface area contributed by atoms with Crippen molar-refractivity contribution in [2.75, 3.05) is 13.2 Å². The summed E-state index contributed by atoms with van der Waals surface area (Å²) in [5, 5.41) is 0. The first-order valence-electron chi connectivity index (χ1n) is 34.2. The third-order valence-corrected chi connectivity index (χ3v) is 14.8. The van der Waals surface area contributed by atoms with Crippen LogP contribution in [0.3, 0.4) is 0 Å². The van der Waals surface area contributed by atoms with Crippen LogP contribution in [0.5, 0.6) is 0 Å². The average molecular weight is 1110 g/mol. The summed E-state index contributed by atoms with van der Waals surface area (Å²) < 4.78 is 17.0. The lowest BCUT2D eigenvalue weighted by Crippen LogP contribution is -2.30. The van der Waals surface area contributed by atoms with E-state index in [2.05, 4.69) is 118 Å². The SMILES string of the molecule is CC/C=C\C/C=C\C/C=C\C/C=C\C/C=C\CCCCCCCC(=O)OC(COC(=O)CCCCCCC/C=C\CCCCCCCCC)COC(=O)CCCCCCCCCCCCCCC/C=C\C/C=C\CCCCCCC. The van der Waals surface area contributed by atoms with Crippen molar-refractivity contribution >= 4 is 17.9 Å². The van der Waals surface area contributed by atoms with Crippen LogP contribution < -0.4 is 0 Å². The predicted octanol–water partition coefficient (Wildman–Crippen LogP) is 23.6. The highest BCUT2D eigenvalue weighted by atomic mass is 16.6. The van der Waals surface area contributed by atoms with Crippen LogP contribution in [0.4, 0.5) is 0 Å². The van der Waals surface area contributed by atoms with Gasteiger partial charge in [0.2, 0.25) is 0 Å². The standard InChI is InChI=1S/C74H128O6/c1-4-7-10-13-16-19-22-25-28-31-33-35-36-37-38-40-41-43-46-49-52-55-58-61-64-67-73(76)79-70-71(69-78-72(75)66-63-60-57-54-51-48-45-30-27-24-21-18-15-12-9-6-3)80-74(77)68-65-62-59-56-53-50-47-44-42-39-34-32-29-26-23-20-17-14-11-8-5-2/h8,11,17,20,22,25-26,29-31,33-34,39,44-45,47,71H,4-7,9-10,12-16,18-19,21,23-24,27-28,32,35-38,40-43,46,48-70H2,1-3H3/b11-8-,20-17-,25-22-,29-26-,33-31-,39-34-,45-30-,47-44-. The van der Waals surface area contributed by atoms with E-state index in [1.807, 2.05) is 0 Å². The van der Waals surface area contributed by atoms with Crippen molar-refractivity contribution in [2.45, 2.75) is 341 Å². The molecule has 0 aromatic heterocycles. The van der Waals surface area contributed by atoms with Gasteiger partial charge in [-0.05, 0) is 122 Å². The largest absolute Gasteiger partial charge is 0.462 e. The van der Waals surface area contributed by atoms with Gasteiger partial charge in [-0.25, -0.2) is 0 Å². The molecule has 6 heteroatoms. The molecule has 0 aromatic rings. The number of unbranched alkanes of at least 4 members (excludes halogenated alkanes) is 35. The molecule has 0 radical (unpaired) electrons. The third-order valence-electron chi connectivity index (χ3n) is 14.8. The molecular formula is C74H128O6. The fraction of sp³-hybridized carbons (Fsp3) is 0.743. The zero-order valence-electron chi connectivity index (χ0n) is 52.8. The molecule has 0 fully saturated rings. The zero-order chi connectivity index (χ0) is 57.8. The average Bonchev–Trinajstić information content (AvgIpc) is 3.46. The molecule has 0 bridgehead atoms. The van der Waals surface area contributed by atoms with Gasteiger partial charge in [0.25, 0.3) is 0 Å². The van der Waals surface area contributed by atoms with E-state index in [0.717, 1.165) is 122 Å². The molecule has 0 aromatic carbocycles. The quantitative estimate of drug-likeness (QED) is 0.0261. The Labute approximate surface area is 496 Å². The molecule has 0 rings (SSSR count). The summed E-state index contributed by atoms with van der Waals surface area (Å²) in [6, 6.07) is 0. The summed E-state index contributed by atoms with van der Waals surface area (Å²) in [7, 11) is 0. The maximum absolute atomic E-state index is 12.9. The minimum Gasteiger partial charge on any atom is -0.462 e. The topological polar surface area (TPSA) is 78.9 Å². The molecule has 0 saturated heterocycles. The molecule has 460 valence electrons. The van der Waals surface area contributed by atoms with Gasteiger partial charge in [-0.15, -0.1) is 0 Å². The van der Waals surface area contributed by atoms with Gasteiger partial charge in [0.1, 0.15) is 13.2 Å². The Morgan fingerprint density at radius 3 is 0.775 bits per heavy atom. The number of ether oxygens (including phenoxy) is 3. The van der Waals surface area contributed by atoms with Crippen molar-refractivity contribution < 1.29 is 28.6 Å². The normalized spacial score (nSPS) is 12.7. The van der Waals surface area contributed by atoms with E-state index in [1.54, 1.807) is 0 Å². The van der Waals surface area contributed by atoms with Gasteiger partial charge in [0.15, 0.2) is 6.10 Å². The van der Waals surface area contributed by atoms with Crippen LogP contribution in [-0.4, -0.2) is 37.2 Å². The summed E-state index contributed by atoms with van der Waals surface area (Å²) >= 11 is 0. The number of hydrogen-bond donors (Lipinski definition) is 0. The van der Waals surface area contributed by atoms with Crippen LogP contribution in [0.2, 0.25) is 0 Å². The van der Waals surface area contributed by atoms with E-state index in [4.69, 9.17) is 14.2 Å². The molecule has 0 amide bonds. The van der Waals surface area contributed by atoms with Crippen molar-refractivity contribution in [3.05, 3.63) is 97.2 Å². The summed E-state index contributed by atoms with van der Waals surface area (Å²) in [5.41, 5.74) is 0. The van der Waals surface area contributed by atoms with Gasteiger partial charge in [-0.1, -0.05) is 291 Å². The Morgan fingerprint density at radius 1 is 0.263 bits per heavy atom. The second kappa shape index (κ2) is 67.8. The number of carbonyl (C=O) groups excluding carboxylic acids is 3. The van der Waals surface area contributed by atoms with Crippen LogP contribution in [0.1, 0.15) is 335 Å². The second-order valence-electron chi connectivity index (χ2n) is 22.7. The van der Waals surface area contributed by atoms with Crippen molar-refractivity contribution in [3.63, 3.8) is 0 Å². The Balaban J connectivity index is 4.38. The molecule has 0 aliphatic heterocycles. The third kappa shape index (κ3) is 65.1. The van der Waals surface area contributed by atoms with Crippen LogP contribution in [0.25, 0.3) is 0 Å². The van der Waals surface area contributed by atoms with Crippen molar-refractivity contribution in [1.82, 2.24) is 0 Å². The van der Waals surface area contributed by atoms with E-state index in [1.165, 1.54) is 173 Å². The van der Waals surface area contributed by atoms with Crippen molar-refractivity contribution in [1.29, 1.82) is 0 Å². The number of hydrogen-bond acceptors (Lipinski definition) is 6. The molecule has 0 aliphatic carbocycles. The molecule has 1 unspecified atom stereocenters. The van der Waals surface area contributed by atoms with Gasteiger partial charge in [-0.2, -0.15) is 0 Å². The molecule has 0 aliphatic rings. The predicted molar refractivity (Wildman–Crippen MR) is 348 cm³/mol. The molecule has 0 N–H and O–H groups in total. The Hall–Kier alpha value is -3.67. The molecular weight excluding hydrogens is 985 g/mol. The molecule has 80 heavy (non-hydrogen) atoms. The van der Waals surface area contributed by atoms with E-state index in [-0.39, 0.29) is 31.1 Å². The highest BCUT2D eigenvalue weighted by Gasteiger charge is 2.19. The minimum absolute atomic E-state index is 0.0874. The smallest absolute Gasteiger partial charge is 0.306 e. The summed E-state index contributed by atoms with van der Waals surface area (Å²) in [6.07, 6.45) is 91.3. The van der Waals surface area contributed by atoms with Gasteiger partial charge < -0.3 is 14.2 Å². The lowest BCUT2D eigenvalue weighted by Gasteiger charge is -2.18. The van der Waals surface area contributed by atoms with Gasteiger partial charge in [-0.3, -0.25) is 14.4 Å². The number of allylic oxidation sites excluding steroid dienone is 16. The minimum atomic E-state index is -0.794. The van der Waals surface area contributed by atoms with Crippen molar-refractivity contribution in [2.24, 2.45) is 0 Å². The second-order valence-corrected chi connectivity index (χ2v) is 22.7. The number of rotatable bonds is 62. The number of esters is 3. The Bertz CT molecular complexity index is 1560. The molecule has 0 saturated carbocycles. The van der Waals surface area contributed by atoms with Gasteiger partial charge in [0, 0.05) is 19.3 Å². The molecule has 1 atom stereocenters. The first-order valence-corrected chi connectivity index (χ1v) is 34.2. The summed E-state index contributed by atoms with van der Waals surface area (Å²) in [5.74, 6) is -0.902. The lowest BCUT2D eigenvalue weighted by atomic mass is 10.0. The first-order chi connectivity index (χ1) is 39.5. The highest BCUT2D eigenvalue weighted by molar-refractivity contribution is 5.71. The highest BCUT2D eigenvalue weighted by Crippen LogP contribution is 2.16. The molecule has 6 nitrogen and oxygen atoms in total. The first kappa shape index (κ1) is 76.3. The van der Waals surface area contributed by atoms with E-state index in [9.17, 15) is 14.4 Å². The zero-order valence-corrected chi connectivity index (χ0v) is 52.8. The van der Waals surface area contributed by atoms with Crippen molar-refractivity contribution in [3.8, 4) is 0 Å². The van der Waals surface area contributed by atoms with E-state index < -0.39 is 6.10 Å². The van der Waals surface area contributed by atoms with Gasteiger partial charge in [0.05, 0.1) is 0 Å². The van der Waals surface area contributed by atoms with Gasteiger partial charge >= 0.3 is 17.9 Å². The van der Waals surface area contributed by atoms with Crippen LogP contribution in [0.15, 0.2) is 97.2 Å². The maximum Gasteiger partial charge on any atom is 0.306 e. The monoisotopic (exact) mass is 1110 g/mol. The Morgan fingerprint density at radius 2 is 0.487 bits per heavy atom. The van der Waals surface area contributed by atoms with E-state index >= 15 is 0 Å². The van der Waals surface area contributed by atoms with E-state index in [0.29, 0.717) is 19.3 Å². The lowest BCUT2D eigenvalue weighted by molar-refractivity contribution is -0.167. The van der Waals surface area contributed by atoms with Crippen LogP contribution in [-0.2, 0) is 28.6 Å². The fourth-order valence-corrected chi connectivity index (χ4v) is 9.67. The molecule has 0 heterocycles. The summed E-state index contributed by atoms with van der Waals surface area (Å²) in [6.45, 7) is 6.53. The molecule has 0 spiro atoms. The summed E-state index contributed by atoms with van der Waals surface area (Å²) in [4.78, 5) is 38.4. The Kier molecular flexibility index (Phi) is 64.7. The van der Waals surface area contributed by atoms with Crippen LogP contribution in [0, 0.1) is 0 Å². The van der Waals surface area contributed by atoms with Crippen LogP contribution >= 0.6 is 0 Å². The maximum atomic E-state index is 12.9. The fourth-order valence-electron chi connectivity index (χ4n) is 9.67. The number of carbonyl (C=O) groups is 3.